The van der Waals surface area contributed by atoms with Crippen LogP contribution in [0.15, 0.2) is 24.3 Å². The topological polar surface area (TPSA) is 24.1 Å². The summed E-state index contributed by atoms with van der Waals surface area (Å²) in [5, 5.41) is 0.750. The molecule has 0 amide bonds. The fourth-order valence-corrected chi connectivity index (χ4v) is 0.989. The molecule has 0 unspecified atom stereocenters. The molecule has 0 bridgehead atoms. The summed E-state index contributed by atoms with van der Waals surface area (Å²) < 4.78 is 0. The molecule has 0 atom stereocenters. The second-order valence-electron chi connectivity index (χ2n) is 1.94. The number of hydrogen-bond acceptors (Lipinski definition) is 3. The minimum Gasteiger partial charge on any atom is -0.312 e. The minimum absolute atomic E-state index is 0.750. The zero-order valence-corrected chi connectivity index (χ0v) is 7.67. The summed E-state index contributed by atoms with van der Waals surface area (Å²) in [5.41, 5.74) is 3.98. The van der Waals surface area contributed by atoms with Gasteiger partial charge >= 0.3 is 0 Å². The smallest absolute Gasteiger partial charge is 0.0497 e. The van der Waals surface area contributed by atoms with Crippen LogP contribution in [0.1, 0.15) is 0 Å². The molecule has 0 fully saturated rings. The third-order valence-corrected chi connectivity index (χ3v) is 1.70. The fourth-order valence-electron chi connectivity index (χ4n) is 0.643. The van der Waals surface area contributed by atoms with E-state index in [0.717, 1.165) is 10.7 Å². The molecule has 4 heteroatoms. The van der Waals surface area contributed by atoms with E-state index in [1.54, 1.807) is 0 Å². The predicted octanol–water partition coefficient (Wildman–Crippen LogP) is 2.53. The lowest BCUT2D eigenvalue weighted by Crippen LogP contribution is -2.11. The quantitative estimate of drug-likeness (QED) is 0.563. The molecule has 0 heterocycles. The van der Waals surface area contributed by atoms with E-state index in [9.17, 15) is 0 Å². The van der Waals surface area contributed by atoms with Gasteiger partial charge in [0.2, 0.25) is 0 Å². The number of hydrogen-bond donors (Lipinski definition) is 2. The normalized spacial score (nSPS) is 9.64. The number of benzene rings is 1. The van der Waals surface area contributed by atoms with Crippen LogP contribution >= 0.6 is 23.5 Å². The van der Waals surface area contributed by atoms with Crippen LogP contribution in [-0.4, -0.2) is 6.26 Å². The number of anilines is 1. The Labute approximate surface area is 75.4 Å². The highest BCUT2D eigenvalue weighted by atomic mass is 35.5. The number of nitrogens with one attached hydrogen (secondary N) is 2. The third-order valence-electron chi connectivity index (χ3n) is 1.14. The van der Waals surface area contributed by atoms with E-state index in [1.807, 2.05) is 30.5 Å². The first-order chi connectivity index (χ1) is 5.33. The van der Waals surface area contributed by atoms with E-state index >= 15 is 0 Å². The third kappa shape index (κ3) is 3.01. The second-order valence-corrected chi connectivity index (χ2v) is 2.99. The first-order valence-electron chi connectivity index (χ1n) is 3.12. The lowest BCUT2D eigenvalue weighted by atomic mass is 10.3. The maximum absolute atomic E-state index is 5.69. The van der Waals surface area contributed by atoms with Gasteiger partial charge in [-0.1, -0.05) is 23.5 Å². The van der Waals surface area contributed by atoms with Crippen molar-refractivity contribution < 1.29 is 0 Å². The molecule has 60 valence electrons. The van der Waals surface area contributed by atoms with Gasteiger partial charge in [-0.15, -0.1) is 0 Å². The van der Waals surface area contributed by atoms with Crippen molar-refractivity contribution in [2.24, 2.45) is 0 Å². The van der Waals surface area contributed by atoms with Crippen molar-refractivity contribution in [3.8, 4) is 0 Å². The van der Waals surface area contributed by atoms with Gasteiger partial charge in [-0.2, -0.15) is 4.83 Å². The van der Waals surface area contributed by atoms with Crippen molar-refractivity contribution >= 4 is 29.2 Å². The van der Waals surface area contributed by atoms with Gasteiger partial charge in [0, 0.05) is 10.7 Å². The van der Waals surface area contributed by atoms with Gasteiger partial charge in [0.25, 0.3) is 0 Å². The standard InChI is InChI=1S/C7H9ClN2S/c1-11-10-9-7-4-2-6(8)3-5-7/h2-5,9-10H,1H3. The average Bonchev–Trinajstić information content (AvgIpc) is 2.04. The Bertz CT molecular complexity index is 212. The summed E-state index contributed by atoms with van der Waals surface area (Å²) in [7, 11) is 0. The lowest BCUT2D eigenvalue weighted by Gasteiger charge is -2.03. The van der Waals surface area contributed by atoms with E-state index in [1.165, 1.54) is 11.9 Å². The number of hydrazine groups is 1. The molecule has 2 nitrogen and oxygen atoms in total. The maximum Gasteiger partial charge on any atom is 0.0497 e. The summed E-state index contributed by atoms with van der Waals surface area (Å²) in [5.74, 6) is 0. The van der Waals surface area contributed by atoms with Gasteiger partial charge in [0.15, 0.2) is 0 Å². The molecule has 11 heavy (non-hydrogen) atoms. The Morgan fingerprint density at radius 2 is 1.91 bits per heavy atom. The van der Waals surface area contributed by atoms with E-state index in [0.29, 0.717) is 0 Å². The van der Waals surface area contributed by atoms with Crippen LogP contribution in [0.4, 0.5) is 5.69 Å². The van der Waals surface area contributed by atoms with Crippen LogP contribution in [0.25, 0.3) is 0 Å². The summed E-state index contributed by atoms with van der Waals surface area (Å²) in [6.07, 6.45) is 1.95. The number of halogens is 1. The van der Waals surface area contributed by atoms with Crippen LogP contribution in [0.5, 0.6) is 0 Å². The Morgan fingerprint density at radius 1 is 1.27 bits per heavy atom. The molecule has 0 saturated carbocycles. The fraction of sp³-hybridized carbons (Fsp3) is 0.143. The van der Waals surface area contributed by atoms with Crippen LogP contribution in [-0.2, 0) is 0 Å². The van der Waals surface area contributed by atoms with Crippen molar-refractivity contribution in [1.82, 2.24) is 4.83 Å². The van der Waals surface area contributed by atoms with Gasteiger partial charge in [0.1, 0.15) is 0 Å². The van der Waals surface area contributed by atoms with E-state index < -0.39 is 0 Å². The monoisotopic (exact) mass is 188 g/mol. The average molecular weight is 189 g/mol. The summed E-state index contributed by atoms with van der Waals surface area (Å²) >= 11 is 7.20. The van der Waals surface area contributed by atoms with Gasteiger partial charge in [0.05, 0.1) is 0 Å². The van der Waals surface area contributed by atoms with Gasteiger partial charge < -0.3 is 5.43 Å². The predicted molar refractivity (Wildman–Crippen MR) is 51.7 cm³/mol. The molecule has 1 aromatic rings. The summed E-state index contributed by atoms with van der Waals surface area (Å²) in [6.45, 7) is 0. The molecule has 0 aromatic heterocycles. The molecule has 0 saturated heterocycles. The highest BCUT2D eigenvalue weighted by Crippen LogP contribution is 2.12. The first kappa shape index (κ1) is 8.71. The zero-order chi connectivity index (χ0) is 8.10. The van der Waals surface area contributed by atoms with Crippen molar-refractivity contribution in [1.29, 1.82) is 0 Å². The lowest BCUT2D eigenvalue weighted by molar-refractivity contribution is 1.22. The van der Waals surface area contributed by atoms with Crippen molar-refractivity contribution in [2.75, 3.05) is 11.7 Å². The van der Waals surface area contributed by atoms with Crippen LogP contribution in [0, 0.1) is 0 Å². The van der Waals surface area contributed by atoms with E-state index in [4.69, 9.17) is 11.6 Å². The largest absolute Gasteiger partial charge is 0.312 e. The van der Waals surface area contributed by atoms with E-state index in [2.05, 4.69) is 10.3 Å². The Hall–Kier alpha value is -0.380. The van der Waals surface area contributed by atoms with Crippen LogP contribution in [0.2, 0.25) is 5.02 Å². The van der Waals surface area contributed by atoms with Crippen LogP contribution < -0.4 is 10.3 Å². The van der Waals surface area contributed by atoms with Crippen molar-refractivity contribution in [3.05, 3.63) is 29.3 Å². The Kier molecular flexibility index (Phi) is 3.56. The highest BCUT2D eigenvalue weighted by Gasteiger charge is 1.88. The molecular weight excluding hydrogens is 180 g/mol. The molecular formula is C7H9ClN2S. The van der Waals surface area contributed by atoms with Crippen LogP contribution in [0.3, 0.4) is 0 Å². The van der Waals surface area contributed by atoms with Gasteiger partial charge in [-0.25, -0.2) is 0 Å². The van der Waals surface area contributed by atoms with Gasteiger partial charge in [-0.3, -0.25) is 0 Å². The van der Waals surface area contributed by atoms with Crippen molar-refractivity contribution in [2.45, 2.75) is 0 Å². The van der Waals surface area contributed by atoms with Crippen molar-refractivity contribution in [3.63, 3.8) is 0 Å². The molecule has 0 aliphatic carbocycles. The molecule has 2 N–H and O–H groups in total. The summed E-state index contributed by atoms with van der Waals surface area (Å²) in [6, 6.07) is 7.49. The molecule has 1 rings (SSSR count). The highest BCUT2D eigenvalue weighted by molar-refractivity contribution is 7.96. The molecule has 0 spiro atoms. The molecule has 0 radical (unpaired) electrons. The Morgan fingerprint density at radius 3 is 2.45 bits per heavy atom. The van der Waals surface area contributed by atoms with E-state index in [-0.39, 0.29) is 0 Å². The zero-order valence-electron chi connectivity index (χ0n) is 6.10. The van der Waals surface area contributed by atoms with Gasteiger partial charge in [-0.05, 0) is 30.5 Å². The maximum atomic E-state index is 5.69. The second kappa shape index (κ2) is 4.49. The minimum atomic E-state index is 0.750. The Balaban J connectivity index is 2.52. The molecule has 1 aromatic carbocycles. The first-order valence-corrected chi connectivity index (χ1v) is 4.73. The molecule has 0 aliphatic rings. The summed E-state index contributed by atoms with van der Waals surface area (Å²) in [4.78, 5) is 2.91. The molecule has 0 aliphatic heterocycles. The SMILES string of the molecule is CSNNc1ccc(Cl)cc1. The number of rotatable bonds is 3.